The first-order chi connectivity index (χ1) is 15.7. The van der Waals surface area contributed by atoms with E-state index >= 15 is 0 Å². The number of nitrogens with one attached hydrogen (secondary N) is 1. The van der Waals surface area contributed by atoms with E-state index in [0.717, 1.165) is 12.8 Å². The maximum Gasteiger partial charge on any atom is 0.276 e. The number of amidine groups is 1. The van der Waals surface area contributed by atoms with Crippen molar-refractivity contribution in [2.45, 2.75) is 38.5 Å². The Kier molecular flexibility index (Phi) is 7.98. The third kappa shape index (κ3) is 5.48. The van der Waals surface area contributed by atoms with Crippen LogP contribution in [0, 0.1) is 0 Å². The highest BCUT2D eigenvalue weighted by Gasteiger charge is 2.31. The Labute approximate surface area is 196 Å². The molecule has 33 heavy (non-hydrogen) atoms. The topological polar surface area (TPSA) is 121 Å². The normalized spacial score (nSPS) is 19.8. The van der Waals surface area contributed by atoms with Gasteiger partial charge in [0.25, 0.3) is 5.91 Å². The first-order valence-electron chi connectivity index (χ1n) is 11.3. The number of nitrogens with two attached hydrogens (primary N) is 1. The summed E-state index contributed by atoms with van der Waals surface area (Å²) < 4.78 is 33.9. The zero-order chi connectivity index (χ0) is 24.2. The van der Waals surface area contributed by atoms with E-state index in [1.807, 2.05) is 20.9 Å². The van der Waals surface area contributed by atoms with E-state index in [1.54, 1.807) is 18.0 Å². The van der Waals surface area contributed by atoms with Crippen LogP contribution >= 0.6 is 0 Å². The molecule has 0 aliphatic carbocycles. The van der Waals surface area contributed by atoms with E-state index < -0.39 is 10.0 Å². The van der Waals surface area contributed by atoms with Crippen LogP contribution in [0.2, 0.25) is 0 Å². The summed E-state index contributed by atoms with van der Waals surface area (Å²) in [6, 6.07) is 4.68. The van der Waals surface area contributed by atoms with Crippen molar-refractivity contribution in [1.82, 2.24) is 19.5 Å². The maximum atomic E-state index is 13.3. The molecule has 1 saturated heterocycles. The van der Waals surface area contributed by atoms with E-state index in [1.165, 1.54) is 16.4 Å². The van der Waals surface area contributed by atoms with Gasteiger partial charge in [-0.15, -0.1) is 0 Å². The molecule has 2 heterocycles. The fourth-order valence-electron chi connectivity index (χ4n) is 3.77. The highest BCUT2D eigenvalue weighted by molar-refractivity contribution is 7.89. The van der Waals surface area contributed by atoms with Gasteiger partial charge < -0.3 is 20.7 Å². The van der Waals surface area contributed by atoms with Crippen LogP contribution in [0.15, 0.2) is 39.6 Å². The summed E-state index contributed by atoms with van der Waals surface area (Å²) in [7, 11) is -1.73. The minimum absolute atomic E-state index is 0.138. The summed E-state index contributed by atoms with van der Waals surface area (Å²) in [6.45, 7) is 8.63. The van der Waals surface area contributed by atoms with Gasteiger partial charge in [0.2, 0.25) is 10.0 Å². The van der Waals surface area contributed by atoms with Crippen molar-refractivity contribution in [3.63, 3.8) is 0 Å². The van der Waals surface area contributed by atoms with Gasteiger partial charge in [0, 0.05) is 38.4 Å². The number of hydrazone groups is 1. The molecule has 0 bridgehead atoms. The number of sulfonamides is 1. The predicted molar refractivity (Wildman–Crippen MR) is 127 cm³/mol. The van der Waals surface area contributed by atoms with Gasteiger partial charge in [0.1, 0.15) is 11.4 Å². The molecular weight excluding hydrogens is 444 g/mol. The van der Waals surface area contributed by atoms with E-state index in [9.17, 15) is 13.2 Å². The minimum Gasteiger partial charge on any atom is -0.493 e. The van der Waals surface area contributed by atoms with E-state index in [2.05, 4.69) is 15.3 Å². The van der Waals surface area contributed by atoms with E-state index in [0.29, 0.717) is 62.0 Å². The van der Waals surface area contributed by atoms with Gasteiger partial charge in [0.15, 0.2) is 5.84 Å². The molecule has 0 unspecified atom stereocenters. The quantitative estimate of drug-likeness (QED) is 0.537. The lowest BCUT2D eigenvalue weighted by Gasteiger charge is -2.32. The third-order valence-corrected chi connectivity index (χ3v) is 7.52. The molecule has 1 fully saturated rings. The third-order valence-electron chi connectivity index (χ3n) is 5.63. The molecule has 3 N–H and O–H groups in total. The molecule has 1 amide bonds. The number of likely N-dealkylation sites (N-methyl/N-ethyl adjacent to an activating group) is 1. The molecule has 0 aromatic heterocycles. The number of benzene rings is 1. The molecule has 3 rings (SSSR count). The Morgan fingerprint density at radius 2 is 1.91 bits per heavy atom. The number of allylic oxidation sites excluding steroid dienone is 1. The Hall–Kier alpha value is -2.63. The number of unbranched alkanes of at least 4 members (excludes halogenated alkanes) is 1. The number of hydrogen-bond donors (Lipinski definition) is 2. The van der Waals surface area contributed by atoms with E-state index in [4.69, 9.17) is 10.5 Å². The molecule has 0 atom stereocenters. The average Bonchev–Trinajstić information content (AvgIpc) is 2.77. The van der Waals surface area contributed by atoms with Gasteiger partial charge in [-0.3, -0.25) is 9.80 Å². The van der Waals surface area contributed by atoms with Gasteiger partial charge in [-0.2, -0.15) is 9.41 Å². The van der Waals surface area contributed by atoms with Crippen LogP contribution in [0.4, 0.5) is 0 Å². The van der Waals surface area contributed by atoms with Crippen LogP contribution in [-0.2, 0) is 14.8 Å². The molecule has 0 spiro atoms. The second kappa shape index (κ2) is 10.5. The van der Waals surface area contributed by atoms with Gasteiger partial charge in [-0.05, 0) is 45.5 Å². The van der Waals surface area contributed by atoms with Crippen LogP contribution in [0.25, 0.3) is 0 Å². The zero-order valence-corrected chi connectivity index (χ0v) is 20.6. The first kappa shape index (κ1) is 25.0. The Bertz CT molecular complexity index is 1040. The van der Waals surface area contributed by atoms with Crippen LogP contribution in [0.1, 0.15) is 39.2 Å². The molecule has 1 aromatic rings. The van der Waals surface area contributed by atoms with Gasteiger partial charge in [0.05, 0.1) is 17.1 Å². The fourth-order valence-corrected chi connectivity index (χ4v) is 5.22. The summed E-state index contributed by atoms with van der Waals surface area (Å²) in [5.74, 6) is 0.298. The smallest absolute Gasteiger partial charge is 0.276 e. The second-order valence-electron chi connectivity index (χ2n) is 8.21. The maximum absolute atomic E-state index is 13.3. The number of rotatable bonds is 8. The second-order valence-corrected chi connectivity index (χ2v) is 10.1. The van der Waals surface area contributed by atoms with Crippen molar-refractivity contribution in [2.24, 2.45) is 10.8 Å². The van der Waals surface area contributed by atoms with Crippen molar-refractivity contribution in [3.05, 3.63) is 35.2 Å². The number of amides is 1. The van der Waals surface area contributed by atoms with Crippen LogP contribution in [0.3, 0.4) is 0 Å². The monoisotopic (exact) mass is 478 g/mol. The molecule has 0 saturated carbocycles. The summed E-state index contributed by atoms with van der Waals surface area (Å²) in [5, 5.41) is 8.97. The number of nitrogens with zero attached hydrogens (tertiary/aromatic N) is 4. The number of ether oxygens (including phenoxy) is 1. The standard InChI is InChI=1S/C22H34N6O4S/c1-5-7-10-28-20(16(3)23)22(29)24-21(25-28)18-15-17(8-9-19(18)32-6-2)33(30,31)27-13-11-26(4)12-14-27/h8-9,15H,5-7,10-14,23H2,1-4H3,(H,24,25,29)/b20-16-. The highest BCUT2D eigenvalue weighted by Crippen LogP contribution is 2.27. The SMILES string of the molecule is CCCCN1N=C(c2cc(S(=O)(=O)N3CCN(C)CC3)ccc2OCC)NC(=O)/C1=C(\C)N. The molecule has 10 nitrogen and oxygen atoms in total. The summed E-state index contributed by atoms with van der Waals surface area (Å²) in [4.78, 5) is 15.1. The van der Waals surface area contributed by atoms with Crippen LogP contribution in [0.5, 0.6) is 5.75 Å². The molecule has 2 aliphatic rings. The molecule has 182 valence electrons. The number of piperazine rings is 1. The molecule has 1 aromatic carbocycles. The van der Waals surface area contributed by atoms with E-state index in [-0.39, 0.29) is 16.6 Å². The van der Waals surface area contributed by atoms with Crippen molar-refractivity contribution in [2.75, 3.05) is 46.4 Å². The minimum atomic E-state index is -3.70. The largest absolute Gasteiger partial charge is 0.493 e. The number of carbonyl (C=O) groups excluding carboxylic acids is 1. The Balaban J connectivity index is 2.05. The molecular formula is C22H34N6O4S. The van der Waals surface area contributed by atoms with Crippen molar-refractivity contribution >= 4 is 21.8 Å². The van der Waals surface area contributed by atoms with Gasteiger partial charge >= 0.3 is 0 Å². The van der Waals surface area contributed by atoms with Crippen LogP contribution < -0.4 is 15.8 Å². The lowest BCUT2D eigenvalue weighted by molar-refractivity contribution is -0.118. The number of carbonyl (C=O) groups is 1. The average molecular weight is 479 g/mol. The zero-order valence-electron chi connectivity index (χ0n) is 19.8. The Morgan fingerprint density at radius 3 is 2.52 bits per heavy atom. The van der Waals surface area contributed by atoms with Gasteiger partial charge in [-0.25, -0.2) is 8.42 Å². The van der Waals surface area contributed by atoms with Crippen molar-refractivity contribution < 1.29 is 17.9 Å². The first-order valence-corrected chi connectivity index (χ1v) is 12.7. The van der Waals surface area contributed by atoms with Crippen molar-refractivity contribution in [3.8, 4) is 5.75 Å². The Morgan fingerprint density at radius 1 is 1.21 bits per heavy atom. The summed E-state index contributed by atoms with van der Waals surface area (Å²) >= 11 is 0. The van der Waals surface area contributed by atoms with Crippen LogP contribution in [-0.4, -0.2) is 80.8 Å². The number of hydrogen-bond acceptors (Lipinski definition) is 8. The lowest BCUT2D eigenvalue weighted by Crippen LogP contribution is -2.47. The van der Waals surface area contributed by atoms with Gasteiger partial charge in [-0.1, -0.05) is 13.3 Å². The summed E-state index contributed by atoms with van der Waals surface area (Å²) in [5.41, 5.74) is 7.02. The molecule has 2 aliphatic heterocycles. The molecule has 0 radical (unpaired) electrons. The highest BCUT2D eigenvalue weighted by atomic mass is 32.2. The predicted octanol–water partition coefficient (Wildman–Crippen LogP) is 1.11. The molecule has 11 heteroatoms. The fraction of sp³-hybridized carbons (Fsp3) is 0.545. The van der Waals surface area contributed by atoms with Crippen molar-refractivity contribution in [1.29, 1.82) is 0 Å². The lowest BCUT2D eigenvalue weighted by atomic mass is 10.1. The summed E-state index contributed by atoms with van der Waals surface area (Å²) in [6.07, 6.45) is 1.74.